The number of phenolic OH excluding ortho intramolecular Hbond substituents is 2. The predicted octanol–water partition coefficient (Wildman–Crippen LogP) is 0.521. The summed E-state index contributed by atoms with van der Waals surface area (Å²) in [5, 5.41) is 47.1. The number of hydrogen-bond acceptors (Lipinski definition) is 6. The van der Waals surface area contributed by atoms with Crippen LogP contribution in [0.15, 0.2) is 28.8 Å². The van der Waals surface area contributed by atoms with Gasteiger partial charge in [-0.05, 0) is 6.07 Å². The Kier molecular flexibility index (Phi) is 4.87. The summed E-state index contributed by atoms with van der Waals surface area (Å²) in [6.07, 6.45) is 2.93. The van der Waals surface area contributed by atoms with Gasteiger partial charge in [0.15, 0.2) is 23.8 Å². The summed E-state index contributed by atoms with van der Waals surface area (Å²) in [6, 6.07) is 0.326. The Morgan fingerprint density at radius 2 is 1.71 bits per heavy atom. The van der Waals surface area contributed by atoms with Crippen LogP contribution in [0.4, 0.5) is 5.69 Å². The summed E-state index contributed by atoms with van der Waals surface area (Å²) in [7, 11) is 0. The minimum atomic E-state index is -1.31. The predicted molar refractivity (Wildman–Crippen MR) is 94.7 cm³/mol. The highest BCUT2D eigenvalue weighted by molar-refractivity contribution is 6.36. The van der Waals surface area contributed by atoms with Crippen LogP contribution in [0.5, 0.6) is 11.5 Å². The number of fused-ring (bicyclic) bond motifs is 1. The Labute approximate surface area is 158 Å². The fourth-order valence-electron chi connectivity index (χ4n) is 3.28. The first-order valence-corrected chi connectivity index (χ1v) is 8.29. The van der Waals surface area contributed by atoms with Crippen molar-refractivity contribution in [2.24, 2.45) is 4.99 Å². The van der Waals surface area contributed by atoms with Crippen LogP contribution in [0.3, 0.4) is 0 Å². The fourth-order valence-corrected chi connectivity index (χ4v) is 3.28. The lowest BCUT2D eigenvalue weighted by molar-refractivity contribution is -0.456. The third-order valence-electron chi connectivity index (χ3n) is 4.65. The third-order valence-corrected chi connectivity index (χ3v) is 4.65. The number of phenols is 2. The Morgan fingerprint density at radius 1 is 1.04 bits per heavy atom. The molecule has 0 bridgehead atoms. The maximum atomic E-state index is 11.6. The molecule has 0 aliphatic carbocycles. The molecule has 10 nitrogen and oxygen atoms in total. The van der Waals surface area contributed by atoms with Crippen molar-refractivity contribution in [2.75, 3.05) is 0 Å². The quantitative estimate of drug-likeness (QED) is 0.367. The molecule has 0 saturated carbocycles. The number of aromatic hydroxyl groups is 2. The lowest BCUT2D eigenvalue weighted by Crippen LogP contribution is -2.30. The van der Waals surface area contributed by atoms with Crippen LogP contribution >= 0.6 is 0 Å². The number of nitrogens with zero attached hydrogens (tertiary/aromatic N) is 2. The van der Waals surface area contributed by atoms with Gasteiger partial charge < -0.3 is 25.5 Å². The van der Waals surface area contributed by atoms with E-state index in [1.54, 1.807) is 0 Å². The van der Waals surface area contributed by atoms with Gasteiger partial charge in [-0.15, -0.1) is 0 Å². The number of aliphatic imine (C=N–C) groups is 1. The molecule has 0 amide bonds. The summed E-state index contributed by atoms with van der Waals surface area (Å²) in [5.74, 6) is -4.45. The van der Waals surface area contributed by atoms with Crippen LogP contribution < -0.4 is 0 Å². The van der Waals surface area contributed by atoms with E-state index in [1.165, 1.54) is 29.0 Å². The molecule has 2 heterocycles. The summed E-state index contributed by atoms with van der Waals surface area (Å²) in [6.45, 7) is 0. The minimum Gasteiger partial charge on any atom is -0.504 e. The van der Waals surface area contributed by atoms with Gasteiger partial charge in [-0.1, -0.05) is 5.57 Å². The molecule has 0 saturated heterocycles. The number of carboxylic acid groups (broad SMARTS) is 3. The average Bonchev–Trinajstić information content (AvgIpc) is 2.97. The first kappa shape index (κ1) is 19.1. The molecule has 28 heavy (non-hydrogen) atoms. The molecule has 2 aliphatic rings. The standard InChI is InChI=1S/C18H16N2O8/c21-14-6-9-5-13(18(27)28)20(12(9)7-15(14)22)2-1-8-3-10(16(23)24)19-11(4-8)17(25)26/h1-2,6-7,10,13H,3-5H2,(H4-,21,22,23,24,25,26,27,28)/p+1/t10-,13-/m0/s1. The second-order valence-corrected chi connectivity index (χ2v) is 6.52. The molecule has 0 unspecified atom stereocenters. The summed E-state index contributed by atoms with van der Waals surface area (Å²) < 4.78 is 1.38. The van der Waals surface area contributed by atoms with E-state index in [0.717, 1.165) is 0 Å². The van der Waals surface area contributed by atoms with E-state index in [1.807, 2.05) is 0 Å². The number of benzene rings is 1. The zero-order valence-electron chi connectivity index (χ0n) is 14.4. The van der Waals surface area contributed by atoms with E-state index in [0.29, 0.717) is 16.8 Å². The first-order chi connectivity index (χ1) is 13.2. The minimum absolute atomic E-state index is 0.00186. The summed E-state index contributed by atoms with van der Waals surface area (Å²) in [4.78, 5) is 37.7. The van der Waals surface area contributed by atoms with Crippen molar-refractivity contribution < 1.29 is 44.5 Å². The average molecular weight is 389 g/mol. The monoisotopic (exact) mass is 389 g/mol. The van der Waals surface area contributed by atoms with E-state index < -0.39 is 35.7 Å². The van der Waals surface area contributed by atoms with Gasteiger partial charge in [0.05, 0.1) is 12.5 Å². The number of carboxylic acids is 3. The maximum absolute atomic E-state index is 11.6. The fraction of sp³-hybridized carbons (Fsp3) is 0.278. The molecule has 2 atom stereocenters. The second kappa shape index (κ2) is 7.14. The van der Waals surface area contributed by atoms with Crippen LogP contribution in [0.1, 0.15) is 18.4 Å². The third kappa shape index (κ3) is 3.56. The molecule has 1 aromatic carbocycles. The van der Waals surface area contributed by atoms with Crippen molar-refractivity contribution in [3.05, 3.63) is 29.3 Å². The zero-order valence-corrected chi connectivity index (χ0v) is 14.4. The van der Waals surface area contributed by atoms with E-state index in [2.05, 4.69) is 4.99 Å². The molecule has 1 aromatic rings. The van der Waals surface area contributed by atoms with Gasteiger partial charge in [-0.3, -0.25) is 4.99 Å². The Balaban J connectivity index is 2.01. The van der Waals surface area contributed by atoms with Gasteiger partial charge in [0.25, 0.3) is 6.04 Å². The second-order valence-electron chi connectivity index (χ2n) is 6.52. The SMILES string of the molecule is O=C(O)C1=N[C@H](C(=O)O)CC(=CC=[N+]2c3cc(O)c(O)cc3C[C@H]2C(=O)O)C1. The van der Waals surface area contributed by atoms with Crippen molar-refractivity contribution in [1.82, 2.24) is 0 Å². The molecule has 10 heteroatoms. The van der Waals surface area contributed by atoms with Crippen LogP contribution in [0, 0.1) is 0 Å². The van der Waals surface area contributed by atoms with Crippen LogP contribution in [-0.4, -0.2) is 72.0 Å². The molecule has 3 rings (SSSR count). The molecule has 5 N–H and O–H groups in total. The largest absolute Gasteiger partial charge is 0.504 e. The molecular formula is C18H17N2O8+. The van der Waals surface area contributed by atoms with Crippen LogP contribution in [0.2, 0.25) is 0 Å². The van der Waals surface area contributed by atoms with Gasteiger partial charge >= 0.3 is 17.9 Å². The zero-order chi connectivity index (χ0) is 20.6. The van der Waals surface area contributed by atoms with Crippen molar-refractivity contribution in [1.29, 1.82) is 0 Å². The topological polar surface area (TPSA) is 168 Å². The van der Waals surface area contributed by atoms with E-state index in [9.17, 15) is 29.7 Å². The molecule has 0 fully saturated rings. The van der Waals surface area contributed by atoms with Gasteiger partial charge in [-0.2, -0.15) is 4.58 Å². The van der Waals surface area contributed by atoms with E-state index in [-0.39, 0.29) is 30.7 Å². The van der Waals surface area contributed by atoms with Crippen molar-refractivity contribution >= 4 is 35.5 Å². The van der Waals surface area contributed by atoms with E-state index >= 15 is 0 Å². The molecule has 0 radical (unpaired) electrons. The number of aliphatic carboxylic acids is 3. The lowest BCUT2D eigenvalue weighted by atomic mass is 9.96. The molecule has 0 spiro atoms. The maximum Gasteiger partial charge on any atom is 0.373 e. The van der Waals surface area contributed by atoms with Crippen molar-refractivity contribution in [3.63, 3.8) is 0 Å². The number of hydrogen-bond donors (Lipinski definition) is 5. The van der Waals surface area contributed by atoms with Gasteiger partial charge in [0.2, 0.25) is 5.69 Å². The van der Waals surface area contributed by atoms with Crippen molar-refractivity contribution in [3.8, 4) is 11.5 Å². The Morgan fingerprint density at radius 3 is 2.32 bits per heavy atom. The Bertz CT molecular complexity index is 976. The summed E-state index contributed by atoms with van der Waals surface area (Å²) in [5.41, 5.74) is 1.10. The number of carbonyl (C=O) groups is 3. The molecule has 2 aliphatic heterocycles. The molecule has 0 aromatic heterocycles. The molecular weight excluding hydrogens is 372 g/mol. The van der Waals surface area contributed by atoms with E-state index in [4.69, 9.17) is 10.2 Å². The van der Waals surface area contributed by atoms with Crippen LogP contribution in [0.25, 0.3) is 0 Å². The normalized spacial score (nSPS) is 24.1. The smallest absolute Gasteiger partial charge is 0.373 e. The highest BCUT2D eigenvalue weighted by atomic mass is 16.4. The van der Waals surface area contributed by atoms with Gasteiger partial charge in [0.1, 0.15) is 5.71 Å². The first-order valence-electron chi connectivity index (χ1n) is 8.29. The number of allylic oxidation sites excluding steroid dienone is 1. The summed E-state index contributed by atoms with van der Waals surface area (Å²) >= 11 is 0. The number of rotatable bonds is 4. The van der Waals surface area contributed by atoms with Crippen molar-refractivity contribution in [2.45, 2.75) is 31.3 Å². The van der Waals surface area contributed by atoms with Gasteiger partial charge in [-0.25, -0.2) is 14.4 Å². The molecule has 146 valence electrons. The highest BCUT2D eigenvalue weighted by Gasteiger charge is 2.40. The Hall–Kier alpha value is -3.69. The van der Waals surface area contributed by atoms with Crippen LogP contribution in [-0.2, 0) is 20.8 Å². The highest BCUT2D eigenvalue weighted by Crippen LogP contribution is 2.38. The van der Waals surface area contributed by atoms with Gasteiger partial charge in [0, 0.05) is 24.5 Å². The lowest BCUT2D eigenvalue weighted by Gasteiger charge is -2.17.